The van der Waals surface area contributed by atoms with Gasteiger partial charge in [-0.25, -0.2) is 4.79 Å². The number of carbonyl (C=O) groups excluding carboxylic acids is 1. The number of anilines is 7. The number of carboxylic acids is 1. The van der Waals surface area contributed by atoms with Crippen LogP contribution in [-0.2, 0) is 4.79 Å². The van der Waals surface area contributed by atoms with E-state index in [1.165, 1.54) is 12.1 Å². The summed E-state index contributed by atoms with van der Waals surface area (Å²) in [7, 11) is 0. The van der Waals surface area contributed by atoms with Gasteiger partial charge < -0.3 is 47.3 Å². The van der Waals surface area contributed by atoms with E-state index in [1.807, 2.05) is 86.6 Å². The molecule has 0 aliphatic rings. The SMILES string of the molecule is CC(C)Oc1c(Nc2ccc(NC[C@H](CC(N)=O)Nc3ccc(NCC(C)Sc4ccc(C#N)cc4)cc3)cc2)ccc(Nc2ccc(C(=O)O)cc2)c1O. The predicted octanol–water partition coefficient (Wildman–Crippen LogP) is 8.60. The van der Waals surface area contributed by atoms with Crippen molar-refractivity contribution in [3.63, 3.8) is 0 Å². The first-order chi connectivity index (χ1) is 26.4. The Bertz CT molecular complexity index is 2090. The average molecular weight is 760 g/mol. The van der Waals surface area contributed by atoms with Crippen LogP contribution < -0.4 is 37.1 Å². The molecule has 0 radical (unpaired) electrons. The number of aromatic carboxylic acids is 1. The van der Waals surface area contributed by atoms with E-state index in [0.29, 0.717) is 34.4 Å². The minimum atomic E-state index is -1.02. The number of primary amides is 1. The summed E-state index contributed by atoms with van der Waals surface area (Å²) >= 11 is 1.74. The van der Waals surface area contributed by atoms with Crippen LogP contribution in [0.15, 0.2) is 114 Å². The van der Waals surface area contributed by atoms with Gasteiger partial charge in [0.15, 0.2) is 11.5 Å². The van der Waals surface area contributed by atoms with E-state index in [-0.39, 0.29) is 35.6 Å². The molecule has 0 aliphatic carbocycles. The molecule has 0 spiro atoms. The van der Waals surface area contributed by atoms with Crippen molar-refractivity contribution in [2.75, 3.05) is 39.7 Å². The van der Waals surface area contributed by atoms with Gasteiger partial charge in [0.25, 0.3) is 0 Å². The van der Waals surface area contributed by atoms with Crippen molar-refractivity contribution in [3.8, 4) is 17.6 Å². The van der Waals surface area contributed by atoms with E-state index < -0.39 is 11.9 Å². The van der Waals surface area contributed by atoms with Gasteiger partial charge in [-0.2, -0.15) is 5.26 Å². The number of amides is 1. The molecule has 0 aliphatic heterocycles. The molecule has 1 unspecified atom stereocenters. The molecule has 12 nitrogen and oxygen atoms in total. The Morgan fingerprint density at radius 3 is 1.84 bits per heavy atom. The third-order valence-corrected chi connectivity index (χ3v) is 9.34. The number of benzene rings is 5. The second-order valence-electron chi connectivity index (χ2n) is 13.1. The maximum Gasteiger partial charge on any atom is 0.335 e. The maximum absolute atomic E-state index is 11.9. The molecule has 1 amide bonds. The van der Waals surface area contributed by atoms with E-state index in [1.54, 1.807) is 36.0 Å². The highest BCUT2D eigenvalue weighted by Crippen LogP contribution is 2.43. The van der Waals surface area contributed by atoms with Crippen LogP contribution >= 0.6 is 11.8 Å². The number of phenolic OH excluding ortho intramolecular Hbond substituents is 1. The molecule has 0 aromatic heterocycles. The highest BCUT2D eigenvalue weighted by atomic mass is 32.2. The number of carboxylic acid groups (broad SMARTS) is 1. The molecule has 55 heavy (non-hydrogen) atoms. The van der Waals surface area contributed by atoms with Gasteiger partial charge in [-0.1, -0.05) is 6.92 Å². The van der Waals surface area contributed by atoms with Gasteiger partial charge in [0, 0.05) is 58.1 Å². The van der Waals surface area contributed by atoms with E-state index in [4.69, 9.17) is 15.7 Å². The van der Waals surface area contributed by atoms with Crippen molar-refractivity contribution >= 4 is 63.5 Å². The number of rotatable bonds is 19. The van der Waals surface area contributed by atoms with Crippen molar-refractivity contribution in [1.82, 2.24) is 0 Å². The smallest absolute Gasteiger partial charge is 0.335 e. The summed E-state index contributed by atoms with van der Waals surface area (Å²) in [6.45, 7) is 7.07. The summed E-state index contributed by atoms with van der Waals surface area (Å²) in [5.74, 6) is -1.26. The van der Waals surface area contributed by atoms with Crippen LogP contribution in [0.3, 0.4) is 0 Å². The lowest BCUT2D eigenvalue weighted by atomic mass is 10.1. The summed E-state index contributed by atoms with van der Waals surface area (Å²) in [6.07, 6.45) is -0.0863. The monoisotopic (exact) mass is 759 g/mol. The molecule has 0 bridgehead atoms. The Kier molecular flexibility index (Phi) is 13.7. The Labute approximate surface area is 325 Å². The number of carbonyl (C=O) groups is 2. The molecule has 9 N–H and O–H groups in total. The van der Waals surface area contributed by atoms with Crippen LogP contribution in [0.5, 0.6) is 11.5 Å². The van der Waals surface area contributed by atoms with Crippen molar-refractivity contribution in [2.24, 2.45) is 5.73 Å². The zero-order valence-electron chi connectivity index (χ0n) is 30.8. The summed E-state index contributed by atoms with van der Waals surface area (Å²) in [4.78, 5) is 24.2. The van der Waals surface area contributed by atoms with Gasteiger partial charge in [-0.3, -0.25) is 4.79 Å². The minimum absolute atomic E-state index is 0.0945. The normalized spacial score (nSPS) is 11.8. The average Bonchev–Trinajstić information content (AvgIpc) is 3.17. The highest BCUT2D eigenvalue weighted by Gasteiger charge is 2.17. The lowest BCUT2D eigenvalue weighted by Crippen LogP contribution is -2.33. The molecular formula is C42H45N7O5S. The lowest BCUT2D eigenvalue weighted by molar-refractivity contribution is -0.118. The minimum Gasteiger partial charge on any atom is -0.503 e. The molecule has 2 atom stereocenters. The second kappa shape index (κ2) is 19.0. The van der Waals surface area contributed by atoms with Gasteiger partial charge in [0.05, 0.1) is 40.7 Å². The number of thioether (sulfide) groups is 1. The number of nitriles is 1. The Morgan fingerprint density at radius 2 is 1.27 bits per heavy atom. The quantitative estimate of drug-likeness (QED) is 0.0296. The Morgan fingerprint density at radius 1 is 0.745 bits per heavy atom. The lowest BCUT2D eigenvalue weighted by Gasteiger charge is -2.21. The third kappa shape index (κ3) is 12.0. The van der Waals surface area contributed by atoms with Crippen molar-refractivity contribution in [3.05, 3.63) is 120 Å². The fraction of sp³-hybridized carbons (Fsp3) is 0.214. The van der Waals surface area contributed by atoms with E-state index >= 15 is 0 Å². The van der Waals surface area contributed by atoms with Crippen molar-refractivity contribution < 1.29 is 24.5 Å². The molecule has 0 saturated carbocycles. The van der Waals surface area contributed by atoms with E-state index in [0.717, 1.165) is 34.2 Å². The predicted molar refractivity (Wildman–Crippen MR) is 221 cm³/mol. The second-order valence-corrected chi connectivity index (χ2v) is 14.6. The van der Waals surface area contributed by atoms with Gasteiger partial charge in [0.2, 0.25) is 5.91 Å². The number of aromatic hydroxyl groups is 1. The molecule has 13 heteroatoms. The third-order valence-electron chi connectivity index (χ3n) is 8.23. The number of hydrogen-bond donors (Lipinski definition) is 8. The first-order valence-corrected chi connectivity index (χ1v) is 18.6. The van der Waals surface area contributed by atoms with Crippen molar-refractivity contribution in [1.29, 1.82) is 5.26 Å². The van der Waals surface area contributed by atoms with Crippen LogP contribution in [-0.4, -0.2) is 52.6 Å². The fourth-order valence-electron chi connectivity index (χ4n) is 5.53. The summed E-state index contributed by atoms with van der Waals surface area (Å²) in [6, 6.07) is 34.7. The first-order valence-electron chi connectivity index (χ1n) is 17.7. The van der Waals surface area contributed by atoms with Crippen LogP contribution in [0.2, 0.25) is 0 Å². The summed E-state index contributed by atoms with van der Waals surface area (Å²) in [5, 5.41) is 46.4. The van der Waals surface area contributed by atoms with Crippen LogP contribution in [0, 0.1) is 11.3 Å². The number of ether oxygens (including phenoxy) is 1. The molecule has 0 fully saturated rings. The van der Waals surface area contributed by atoms with Gasteiger partial charge in [-0.05, 0) is 123 Å². The standard InChI is InChI=1S/C42H45N7O5S/c1-26(2)54-41-38(21-20-37(40(41)51)48-33-8-6-29(7-9-33)42(52)53)49-34-16-12-31(13-17-34)46-25-35(22-39(44)50)47-32-14-10-30(11-15-32)45-24-27(3)55-36-18-4-28(23-43)5-19-36/h4-21,26-27,35,45-49,51H,22,24-25H2,1-3H3,(H2,44,50)(H,52,53)/t27?,35-/m0/s1. The number of hydrogen-bond acceptors (Lipinski definition) is 11. The highest BCUT2D eigenvalue weighted by molar-refractivity contribution is 8.00. The Hall–Kier alpha value is -6.52. The molecule has 284 valence electrons. The van der Waals surface area contributed by atoms with Crippen molar-refractivity contribution in [2.45, 2.75) is 49.5 Å². The van der Waals surface area contributed by atoms with Gasteiger partial charge in [-0.15, -0.1) is 11.8 Å². The molecular weight excluding hydrogens is 715 g/mol. The molecule has 0 heterocycles. The number of nitrogens with one attached hydrogen (secondary N) is 5. The van der Waals surface area contributed by atoms with Gasteiger partial charge in [0.1, 0.15) is 0 Å². The number of nitrogens with two attached hydrogens (primary N) is 1. The summed E-state index contributed by atoms with van der Waals surface area (Å²) < 4.78 is 6.00. The number of nitrogens with zero attached hydrogens (tertiary/aromatic N) is 1. The van der Waals surface area contributed by atoms with Crippen LogP contribution in [0.4, 0.5) is 39.8 Å². The molecule has 5 rings (SSSR count). The van der Waals surface area contributed by atoms with Crippen LogP contribution in [0.25, 0.3) is 0 Å². The van der Waals surface area contributed by atoms with E-state index in [2.05, 4.69) is 39.6 Å². The maximum atomic E-state index is 11.9. The van der Waals surface area contributed by atoms with Crippen LogP contribution in [0.1, 0.15) is 43.1 Å². The zero-order valence-corrected chi connectivity index (χ0v) is 31.6. The number of phenols is 1. The molecule has 5 aromatic carbocycles. The first kappa shape index (κ1) is 39.7. The molecule has 0 saturated heterocycles. The van der Waals surface area contributed by atoms with Gasteiger partial charge >= 0.3 is 5.97 Å². The summed E-state index contributed by atoms with van der Waals surface area (Å²) in [5.41, 5.74) is 11.4. The zero-order chi connectivity index (χ0) is 39.3. The van der Waals surface area contributed by atoms with E-state index in [9.17, 15) is 19.8 Å². The molecule has 5 aromatic rings. The fourth-order valence-corrected chi connectivity index (χ4v) is 6.45. The largest absolute Gasteiger partial charge is 0.503 e. The topological polar surface area (TPSA) is 194 Å². The Balaban J connectivity index is 1.15.